The van der Waals surface area contributed by atoms with Crippen molar-refractivity contribution in [3.63, 3.8) is 0 Å². The van der Waals surface area contributed by atoms with Crippen molar-refractivity contribution in [3.8, 4) is 0 Å². The molecule has 0 aliphatic heterocycles. The predicted octanol–water partition coefficient (Wildman–Crippen LogP) is 3.59. The van der Waals surface area contributed by atoms with Crippen molar-refractivity contribution in [2.75, 3.05) is 11.9 Å². The van der Waals surface area contributed by atoms with Crippen LogP contribution in [0.15, 0.2) is 35.2 Å². The fourth-order valence-electron chi connectivity index (χ4n) is 5.61. The topological polar surface area (TPSA) is 133 Å². The van der Waals surface area contributed by atoms with Gasteiger partial charge in [0.15, 0.2) is 27.3 Å². The van der Waals surface area contributed by atoms with Crippen LogP contribution in [0.3, 0.4) is 0 Å². The van der Waals surface area contributed by atoms with E-state index in [1.807, 2.05) is 0 Å². The summed E-state index contributed by atoms with van der Waals surface area (Å²) in [5.41, 5.74) is -1.90. The molecule has 4 rings (SSSR count). The van der Waals surface area contributed by atoms with Gasteiger partial charge in [-0.3, -0.25) is 9.59 Å². The summed E-state index contributed by atoms with van der Waals surface area (Å²) >= 11 is 6.22. The number of carbonyl (C=O) groups is 2. The Morgan fingerprint density at radius 1 is 1.10 bits per heavy atom. The Kier molecular flexibility index (Phi) is 8.32. The highest BCUT2D eigenvalue weighted by Crippen LogP contribution is 2.53. The van der Waals surface area contributed by atoms with Gasteiger partial charge in [-0.25, -0.2) is 21.6 Å². The molecule has 2 amide bonds. The summed E-state index contributed by atoms with van der Waals surface area (Å²) in [5, 5.41) is 24.4. The molecule has 39 heavy (non-hydrogen) atoms. The first-order valence-electron chi connectivity index (χ1n) is 12.4. The lowest BCUT2D eigenvalue weighted by molar-refractivity contribution is -0.133. The van der Waals surface area contributed by atoms with Crippen LogP contribution in [0.5, 0.6) is 0 Å². The molecule has 2 unspecified atom stereocenters. The van der Waals surface area contributed by atoms with E-state index in [1.54, 1.807) is 0 Å². The molecule has 13 heteroatoms. The first-order chi connectivity index (χ1) is 18.2. The van der Waals surface area contributed by atoms with E-state index >= 15 is 0 Å². The van der Waals surface area contributed by atoms with Crippen molar-refractivity contribution in [2.24, 2.45) is 11.8 Å². The molecule has 0 spiro atoms. The van der Waals surface area contributed by atoms with Gasteiger partial charge < -0.3 is 20.8 Å². The second-order valence-corrected chi connectivity index (χ2v) is 12.9. The van der Waals surface area contributed by atoms with Gasteiger partial charge in [-0.05, 0) is 62.6 Å². The van der Waals surface area contributed by atoms with Gasteiger partial charge in [-0.2, -0.15) is 0 Å². The number of sulfone groups is 1. The van der Waals surface area contributed by atoms with Crippen molar-refractivity contribution in [3.05, 3.63) is 58.4 Å². The number of nitrogens with one attached hydrogen (secondary N) is 2. The van der Waals surface area contributed by atoms with E-state index in [4.69, 9.17) is 11.6 Å². The zero-order chi connectivity index (χ0) is 28.7. The lowest BCUT2D eigenvalue weighted by Gasteiger charge is -2.42. The average Bonchev–Trinajstić information content (AvgIpc) is 3.01. The van der Waals surface area contributed by atoms with Crippen molar-refractivity contribution in [2.45, 2.75) is 60.9 Å². The molecule has 3 atom stereocenters. The summed E-state index contributed by atoms with van der Waals surface area (Å²) in [6, 6.07) is 4.70. The number of carbonyl (C=O) groups excluding carboxylic acids is 2. The normalized spacial score (nSPS) is 25.3. The van der Waals surface area contributed by atoms with E-state index in [9.17, 15) is 41.4 Å². The molecule has 2 saturated carbocycles. The quantitative estimate of drug-likeness (QED) is 0.349. The van der Waals surface area contributed by atoms with Gasteiger partial charge in [0.2, 0.25) is 5.91 Å². The monoisotopic (exact) mass is 588 g/mol. The molecular weight excluding hydrogens is 561 g/mol. The van der Waals surface area contributed by atoms with Crippen LogP contribution in [-0.2, 0) is 14.6 Å². The van der Waals surface area contributed by atoms with Crippen LogP contribution in [0.4, 0.5) is 18.9 Å². The van der Waals surface area contributed by atoms with Gasteiger partial charge in [0.25, 0.3) is 5.91 Å². The maximum Gasteiger partial charge on any atom is 0.255 e. The molecule has 2 aromatic rings. The third-order valence-electron chi connectivity index (χ3n) is 7.59. The molecule has 212 valence electrons. The molecule has 0 aromatic heterocycles. The number of halogens is 4. The number of hydrogen-bond donors (Lipinski definition) is 4. The first kappa shape index (κ1) is 29.3. The smallest absolute Gasteiger partial charge is 0.255 e. The minimum absolute atomic E-state index is 0.0364. The molecule has 2 aromatic carbocycles. The minimum atomic E-state index is -4.09. The number of aliphatic hydroxyl groups excluding tert-OH is 1. The van der Waals surface area contributed by atoms with Gasteiger partial charge in [0.05, 0.1) is 33.3 Å². The Morgan fingerprint density at radius 2 is 1.69 bits per heavy atom. The third-order valence-corrected chi connectivity index (χ3v) is 10.2. The van der Waals surface area contributed by atoms with Gasteiger partial charge in [0.1, 0.15) is 0 Å². The minimum Gasteiger partial charge on any atom is -0.392 e. The lowest BCUT2D eigenvalue weighted by Crippen LogP contribution is -2.51. The van der Waals surface area contributed by atoms with Crippen LogP contribution < -0.4 is 10.6 Å². The number of rotatable bonds is 8. The highest BCUT2D eigenvalue weighted by atomic mass is 35.5. The zero-order valence-corrected chi connectivity index (χ0v) is 22.5. The van der Waals surface area contributed by atoms with Crippen LogP contribution in [0.2, 0.25) is 5.02 Å². The highest BCUT2D eigenvalue weighted by molar-refractivity contribution is 7.92. The van der Waals surface area contributed by atoms with Crippen molar-refractivity contribution in [1.82, 2.24) is 5.32 Å². The Bertz CT molecular complexity index is 1370. The van der Waals surface area contributed by atoms with E-state index < -0.39 is 67.9 Å². The maximum absolute atomic E-state index is 13.7. The molecule has 2 fully saturated rings. The summed E-state index contributed by atoms with van der Waals surface area (Å²) in [6.07, 6.45) is 0.292. The molecular formula is C26H28ClF3N2O6S. The fraction of sp³-hybridized carbons (Fsp3) is 0.462. The number of hydrogen-bond acceptors (Lipinski definition) is 6. The van der Waals surface area contributed by atoms with Crippen LogP contribution in [0, 0.1) is 29.3 Å². The summed E-state index contributed by atoms with van der Waals surface area (Å²) in [4.78, 5) is 24.8. The maximum atomic E-state index is 13.7. The van der Waals surface area contributed by atoms with Crippen LogP contribution in [0.1, 0.15) is 49.4 Å². The summed E-state index contributed by atoms with van der Waals surface area (Å²) in [5.74, 6) is -6.94. The Hall–Kier alpha value is -2.67. The largest absolute Gasteiger partial charge is 0.392 e. The first-order valence-corrected chi connectivity index (χ1v) is 14.3. The molecule has 0 saturated heterocycles. The van der Waals surface area contributed by atoms with E-state index in [-0.39, 0.29) is 47.0 Å². The second kappa shape index (κ2) is 11.1. The number of amides is 2. The Balaban J connectivity index is 1.52. The fourth-order valence-corrected chi connectivity index (χ4v) is 8.01. The molecule has 0 radical (unpaired) electrons. The SMILES string of the molecule is C[C@H](O)CNC(=O)C[C@]1(O)C2CCC1C[C@@H](S(=O)(=O)c1cc(C(=O)Nc3cc(F)c(F)c(F)c3)ccc1Cl)C2. The molecule has 4 N–H and O–H groups in total. The molecule has 0 heterocycles. The Morgan fingerprint density at radius 3 is 2.26 bits per heavy atom. The molecule has 2 aliphatic carbocycles. The summed E-state index contributed by atoms with van der Waals surface area (Å²) in [6.45, 7) is 1.55. The van der Waals surface area contributed by atoms with E-state index in [1.165, 1.54) is 19.1 Å². The van der Waals surface area contributed by atoms with E-state index in [2.05, 4.69) is 10.6 Å². The van der Waals surface area contributed by atoms with Crippen LogP contribution in [-0.4, -0.2) is 53.9 Å². The van der Waals surface area contributed by atoms with Crippen LogP contribution in [0.25, 0.3) is 0 Å². The zero-order valence-electron chi connectivity index (χ0n) is 20.9. The van der Waals surface area contributed by atoms with Crippen molar-refractivity contribution >= 4 is 38.9 Å². The number of fused-ring (bicyclic) bond motifs is 2. The number of aliphatic hydroxyl groups is 2. The van der Waals surface area contributed by atoms with E-state index in [0.717, 1.165) is 6.07 Å². The van der Waals surface area contributed by atoms with Gasteiger partial charge >= 0.3 is 0 Å². The van der Waals surface area contributed by atoms with Gasteiger partial charge in [-0.15, -0.1) is 0 Å². The molecule has 2 aliphatic rings. The third kappa shape index (κ3) is 5.93. The molecule has 2 bridgehead atoms. The number of benzene rings is 2. The second-order valence-electron chi connectivity index (χ2n) is 10.3. The predicted molar refractivity (Wildman–Crippen MR) is 136 cm³/mol. The summed E-state index contributed by atoms with van der Waals surface area (Å²) in [7, 11) is -4.09. The van der Waals surface area contributed by atoms with Crippen molar-refractivity contribution in [1.29, 1.82) is 0 Å². The summed E-state index contributed by atoms with van der Waals surface area (Å²) < 4.78 is 67.6. The van der Waals surface area contributed by atoms with Crippen molar-refractivity contribution < 1.29 is 41.4 Å². The van der Waals surface area contributed by atoms with E-state index in [0.29, 0.717) is 25.0 Å². The Labute approximate surface area is 228 Å². The average molecular weight is 589 g/mol. The molecule has 8 nitrogen and oxygen atoms in total. The van der Waals surface area contributed by atoms with Gasteiger partial charge in [-0.1, -0.05) is 11.6 Å². The number of anilines is 1. The lowest BCUT2D eigenvalue weighted by atomic mass is 9.72. The highest BCUT2D eigenvalue weighted by Gasteiger charge is 2.56. The van der Waals surface area contributed by atoms with Crippen LogP contribution >= 0.6 is 11.6 Å². The van der Waals surface area contributed by atoms with Gasteiger partial charge in [0, 0.05) is 29.9 Å². The standard InChI is InChI=1S/C26H28ClF3N2O6S/c1-13(33)12-31-23(34)11-26(36)15-3-4-16(26)8-18(7-15)39(37,38)22-6-14(2-5-19(22)27)25(35)32-17-9-20(28)24(30)21(29)10-17/h2,5-6,9-10,13,15-16,18,33,36H,3-4,7-8,11-12H2,1H3,(H,31,34)(H,32,35)/t13-,15?,16?,18-,26-/m0/s1.